The first-order valence-electron chi connectivity index (χ1n) is 9.58. The topological polar surface area (TPSA) is 58.6 Å². The lowest BCUT2D eigenvalue weighted by Gasteiger charge is -2.37. The van der Waals surface area contributed by atoms with Crippen LogP contribution < -0.4 is 5.32 Å². The Balaban J connectivity index is 1.52. The number of amides is 2. The van der Waals surface area contributed by atoms with E-state index in [9.17, 15) is 18.4 Å². The first-order chi connectivity index (χ1) is 13.0. The number of nitrogens with one attached hydrogen (secondary N) is 1. The maximum Gasteiger partial charge on any atom is 0.254 e. The number of carbonyl (C=O) groups excluding carboxylic acids is 2. The van der Waals surface area contributed by atoms with Crippen LogP contribution in [-0.2, 0) is 9.53 Å². The summed E-state index contributed by atoms with van der Waals surface area (Å²) < 4.78 is 32.2. The summed E-state index contributed by atoms with van der Waals surface area (Å²) in [4.78, 5) is 27.3. The second kappa shape index (κ2) is 7.19. The summed E-state index contributed by atoms with van der Waals surface area (Å²) >= 11 is 0. The molecule has 0 radical (unpaired) electrons. The quantitative estimate of drug-likeness (QED) is 0.875. The van der Waals surface area contributed by atoms with Crippen molar-refractivity contribution in [1.29, 1.82) is 0 Å². The van der Waals surface area contributed by atoms with E-state index in [-0.39, 0.29) is 28.7 Å². The fraction of sp³-hybridized carbons (Fsp3) is 0.600. The van der Waals surface area contributed by atoms with Crippen molar-refractivity contribution in [3.8, 4) is 0 Å². The standard InChI is InChI=1S/C20H24F2N2O3/c21-16-4-3-14(9-17(16)22)19(26)24-11-15(18(25)23-10-13-1-2-13)20(12-24)5-7-27-8-6-20/h3-4,9,13,15H,1-2,5-8,10-12H2,(H,23,25)/t15-/m1/s1. The van der Waals surface area contributed by atoms with Crippen molar-refractivity contribution in [3.63, 3.8) is 0 Å². The molecule has 27 heavy (non-hydrogen) atoms. The van der Waals surface area contributed by atoms with Gasteiger partial charge in [0.1, 0.15) is 0 Å². The minimum Gasteiger partial charge on any atom is -0.381 e. The number of carbonyl (C=O) groups is 2. The highest BCUT2D eigenvalue weighted by molar-refractivity contribution is 5.95. The van der Waals surface area contributed by atoms with E-state index in [1.807, 2.05) is 0 Å². The van der Waals surface area contributed by atoms with E-state index < -0.39 is 11.6 Å². The van der Waals surface area contributed by atoms with Gasteiger partial charge in [-0.2, -0.15) is 0 Å². The van der Waals surface area contributed by atoms with Gasteiger partial charge in [0.2, 0.25) is 5.91 Å². The van der Waals surface area contributed by atoms with E-state index in [2.05, 4.69) is 5.32 Å². The van der Waals surface area contributed by atoms with Crippen LogP contribution in [0.4, 0.5) is 8.78 Å². The molecule has 2 aliphatic heterocycles. The molecule has 1 spiro atoms. The molecular formula is C20H24F2N2O3. The second-order valence-electron chi connectivity index (χ2n) is 8.03. The van der Waals surface area contributed by atoms with Crippen LogP contribution in [0.5, 0.6) is 0 Å². The van der Waals surface area contributed by atoms with Gasteiger partial charge >= 0.3 is 0 Å². The van der Waals surface area contributed by atoms with Gasteiger partial charge in [-0.15, -0.1) is 0 Å². The largest absolute Gasteiger partial charge is 0.381 e. The summed E-state index contributed by atoms with van der Waals surface area (Å²) in [5, 5.41) is 3.05. The molecule has 1 saturated carbocycles. The van der Waals surface area contributed by atoms with E-state index in [1.54, 1.807) is 4.90 Å². The average Bonchev–Trinajstić information content (AvgIpc) is 3.43. The summed E-state index contributed by atoms with van der Waals surface area (Å²) in [5.74, 6) is -2.11. The monoisotopic (exact) mass is 378 g/mol. The number of likely N-dealkylation sites (tertiary alicyclic amines) is 1. The summed E-state index contributed by atoms with van der Waals surface area (Å²) in [6.45, 7) is 2.57. The van der Waals surface area contributed by atoms with Crippen molar-refractivity contribution < 1.29 is 23.1 Å². The molecule has 7 heteroatoms. The molecular weight excluding hydrogens is 354 g/mol. The van der Waals surface area contributed by atoms with Crippen molar-refractivity contribution in [3.05, 3.63) is 35.4 Å². The summed E-state index contributed by atoms with van der Waals surface area (Å²) in [5.41, 5.74) is -0.199. The van der Waals surface area contributed by atoms with Crippen LogP contribution in [0.1, 0.15) is 36.0 Å². The Hall–Kier alpha value is -2.02. The fourth-order valence-electron chi connectivity index (χ4n) is 4.27. The number of nitrogens with zero attached hydrogens (tertiary/aromatic N) is 1. The van der Waals surface area contributed by atoms with Crippen molar-refractivity contribution in [2.45, 2.75) is 25.7 Å². The lowest BCUT2D eigenvalue weighted by atomic mass is 9.71. The molecule has 0 unspecified atom stereocenters. The van der Waals surface area contributed by atoms with Gasteiger partial charge < -0.3 is 15.0 Å². The molecule has 5 nitrogen and oxygen atoms in total. The van der Waals surface area contributed by atoms with Crippen LogP contribution in [0.2, 0.25) is 0 Å². The number of halogens is 2. The number of ether oxygens (including phenoxy) is 1. The maximum absolute atomic E-state index is 13.5. The molecule has 2 amide bonds. The molecule has 3 fully saturated rings. The molecule has 2 saturated heterocycles. The van der Waals surface area contributed by atoms with Crippen LogP contribution >= 0.6 is 0 Å². The Morgan fingerprint density at radius 2 is 1.93 bits per heavy atom. The Labute approximate surface area is 157 Å². The van der Waals surface area contributed by atoms with E-state index in [4.69, 9.17) is 4.74 Å². The van der Waals surface area contributed by atoms with Crippen molar-refractivity contribution in [1.82, 2.24) is 10.2 Å². The van der Waals surface area contributed by atoms with Gasteiger partial charge in [0.05, 0.1) is 5.92 Å². The van der Waals surface area contributed by atoms with E-state index in [0.717, 1.165) is 37.8 Å². The molecule has 4 rings (SSSR count). The normalized spacial score (nSPS) is 24.2. The zero-order chi connectivity index (χ0) is 19.0. The van der Waals surface area contributed by atoms with Crippen molar-refractivity contribution in [2.75, 3.05) is 32.8 Å². The van der Waals surface area contributed by atoms with E-state index in [0.29, 0.717) is 38.8 Å². The molecule has 1 N–H and O–H groups in total. The van der Waals surface area contributed by atoms with E-state index >= 15 is 0 Å². The molecule has 3 aliphatic rings. The molecule has 0 bridgehead atoms. The summed E-state index contributed by atoms with van der Waals surface area (Å²) in [6, 6.07) is 3.18. The summed E-state index contributed by atoms with van der Waals surface area (Å²) in [6.07, 6.45) is 3.75. The third-order valence-corrected chi connectivity index (χ3v) is 6.17. The first kappa shape index (κ1) is 18.3. The van der Waals surface area contributed by atoms with Gasteiger partial charge in [0, 0.05) is 43.8 Å². The number of hydrogen-bond acceptors (Lipinski definition) is 3. The molecule has 1 aliphatic carbocycles. The van der Waals surface area contributed by atoms with Gasteiger partial charge in [-0.3, -0.25) is 9.59 Å². The smallest absolute Gasteiger partial charge is 0.254 e. The van der Waals surface area contributed by atoms with Crippen LogP contribution in [0, 0.1) is 28.9 Å². The Kier molecular flexibility index (Phi) is 4.88. The van der Waals surface area contributed by atoms with Gasteiger partial charge in [0.15, 0.2) is 11.6 Å². The predicted molar refractivity (Wildman–Crippen MR) is 94.0 cm³/mol. The van der Waals surface area contributed by atoms with Crippen molar-refractivity contribution in [2.24, 2.45) is 17.3 Å². The number of hydrogen-bond donors (Lipinski definition) is 1. The molecule has 146 valence electrons. The second-order valence-corrected chi connectivity index (χ2v) is 8.03. The third kappa shape index (κ3) is 3.70. The van der Waals surface area contributed by atoms with Gasteiger partial charge in [-0.25, -0.2) is 8.78 Å². The van der Waals surface area contributed by atoms with E-state index in [1.165, 1.54) is 6.07 Å². The Bertz CT molecular complexity index is 745. The highest BCUT2D eigenvalue weighted by Crippen LogP contribution is 2.45. The highest BCUT2D eigenvalue weighted by Gasteiger charge is 2.51. The lowest BCUT2D eigenvalue weighted by Crippen LogP contribution is -2.44. The number of benzene rings is 1. The molecule has 1 aromatic carbocycles. The Morgan fingerprint density at radius 3 is 2.59 bits per heavy atom. The van der Waals surface area contributed by atoms with Crippen LogP contribution in [0.15, 0.2) is 18.2 Å². The predicted octanol–water partition coefficient (Wildman–Crippen LogP) is 2.36. The fourth-order valence-corrected chi connectivity index (χ4v) is 4.27. The average molecular weight is 378 g/mol. The zero-order valence-electron chi connectivity index (χ0n) is 15.2. The first-order valence-corrected chi connectivity index (χ1v) is 9.58. The molecule has 1 aromatic rings. The van der Waals surface area contributed by atoms with Crippen LogP contribution in [-0.4, -0.2) is 49.6 Å². The zero-order valence-corrected chi connectivity index (χ0v) is 15.2. The van der Waals surface area contributed by atoms with Crippen LogP contribution in [0.3, 0.4) is 0 Å². The molecule has 0 aromatic heterocycles. The maximum atomic E-state index is 13.5. The Morgan fingerprint density at radius 1 is 1.19 bits per heavy atom. The minimum atomic E-state index is -1.04. The molecule has 1 atom stereocenters. The molecule has 2 heterocycles. The van der Waals surface area contributed by atoms with Gasteiger partial charge in [-0.1, -0.05) is 0 Å². The van der Waals surface area contributed by atoms with Gasteiger partial charge in [-0.05, 0) is 49.8 Å². The number of rotatable bonds is 4. The van der Waals surface area contributed by atoms with Crippen LogP contribution in [0.25, 0.3) is 0 Å². The lowest BCUT2D eigenvalue weighted by molar-refractivity contribution is -0.129. The highest BCUT2D eigenvalue weighted by atomic mass is 19.2. The van der Waals surface area contributed by atoms with Crippen molar-refractivity contribution >= 4 is 11.8 Å². The SMILES string of the molecule is O=C(NCC1CC1)[C@H]1CN(C(=O)c2ccc(F)c(F)c2)CC12CCOCC2. The van der Waals surface area contributed by atoms with Gasteiger partial charge in [0.25, 0.3) is 5.91 Å². The third-order valence-electron chi connectivity index (χ3n) is 6.17. The summed E-state index contributed by atoms with van der Waals surface area (Å²) in [7, 11) is 0. The minimum absolute atomic E-state index is 0.00983.